The molecule has 4 heterocycles. The van der Waals surface area contributed by atoms with Crippen LogP contribution in [-0.2, 0) is 18.3 Å². The number of fused-ring (bicyclic) bond motifs is 1. The molecule has 0 radical (unpaired) electrons. The molecule has 1 aromatic carbocycles. The number of halogens is 1. The molecule has 35 heavy (non-hydrogen) atoms. The first-order valence-corrected chi connectivity index (χ1v) is 10.7. The maximum Gasteiger partial charge on any atom is 0.407 e. The zero-order valence-electron chi connectivity index (χ0n) is 19.2. The third-order valence-corrected chi connectivity index (χ3v) is 5.53. The molecule has 1 amide bonds. The summed E-state index contributed by atoms with van der Waals surface area (Å²) in [5.74, 6) is -0.234. The van der Waals surface area contributed by atoms with Crippen LogP contribution in [-0.4, -0.2) is 57.3 Å². The molecule has 1 saturated heterocycles. The van der Waals surface area contributed by atoms with Gasteiger partial charge in [0.1, 0.15) is 29.0 Å². The Labute approximate surface area is 198 Å². The normalized spacial score (nSPS) is 15.8. The van der Waals surface area contributed by atoms with Crippen molar-refractivity contribution in [3.63, 3.8) is 0 Å². The van der Waals surface area contributed by atoms with Gasteiger partial charge in [0.15, 0.2) is 17.2 Å². The van der Waals surface area contributed by atoms with Crippen LogP contribution in [0.3, 0.4) is 0 Å². The van der Waals surface area contributed by atoms with E-state index < -0.39 is 11.9 Å². The predicted molar refractivity (Wildman–Crippen MR) is 123 cm³/mol. The van der Waals surface area contributed by atoms with Crippen molar-refractivity contribution in [2.24, 2.45) is 12.0 Å². The summed E-state index contributed by atoms with van der Waals surface area (Å²) in [6, 6.07) is 6.05. The largest absolute Gasteiger partial charge is 0.497 e. The molecule has 1 fully saturated rings. The Morgan fingerprint density at radius 2 is 2.11 bits per heavy atom. The SMILES string of the molecule is COc1cc(N=c2ccc3ncc(-c4cnn(C)c4)nc3n2CC2COC(=O)N2)c(F)c(OC)c1. The fraction of sp³-hybridized carbons (Fsp3) is 0.261. The summed E-state index contributed by atoms with van der Waals surface area (Å²) in [6.45, 7) is 0.453. The average molecular weight is 479 g/mol. The summed E-state index contributed by atoms with van der Waals surface area (Å²) in [7, 11) is 4.66. The van der Waals surface area contributed by atoms with Crippen molar-refractivity contribution < 1.29 is 23.4 Å². The number of hydrogen-bond acceptors (Lipinski definition) is 8. The number of aromatic nitrogens is 5. The maximum absolute atomic E-state index is 15.1. The molecule has 0 spiro atoms. The van der Waals surface area contributed by atoms with Crippen molar-refractivity contribution in [3.05, 3.63) is 54.2 Å². The lowest BCUT2D eigenvalue weighted by atomic mass is 10.2. The minimum absolute atomic E-state index is 0.00514. The average Bonchev–Trinajstić information content (AvgIpc) is 3.49. The molecule has 5 rings (SSSR count). The molecule has 0 bridgehead atoms. The topological polar surface area (TPSA) is 118 Å². The van der Waals surface area contributed by atoms with Crippen molar-refractivity contribution >= 4 is 22.9 Å². The van der Waals surface area contributed by atoms with Gasteiger partial charge >= 0.3 is 6.09 Å². The molecule has 1 unspecified atom stereocenters. The lowest BCUT2D eigenvalue weighted by Crippen LogP contribution is -2.35. The van der Waals surface area contributed by atoms with E-state index in [4.69, 9.17) is 19.2 Å². The van der Waals surface area contributed by atoms with Crippen molar-refractivity contribution in [2.45, 2.75) is 12.6 Å². The van der Waals surface area contributed by atoms with Crippen LogP contribution in [0.4, 0.5) is 14.9 Å². The van der Waals surface area contributed by atoms with Gasteiger partial charge in [0, 0.05) is 37.5 Å². The third-order valence-electron chi connectivity index (χ3n) is 5.53. The number of hydrogen-bond donors (Lipinski definition) is 1. The van der Waals surface area contributed by atoms with Gasteiger partial charge in [-0.25, -0.2) is 19.2 Å². The molecular formula is C23H22FN7O4. The van der Waals surface area contributed by atoms with Crippen LogP contribution in [0.2, 0.25) is 0 Å². The molecule has 12 heteroatoms. The van der Waals surface area contributed by atoms with Crippen molar-refractivity contribution in [2.75, 3.05) is 20.8 Å². The number of nitrogens with one attached hydrogen (secondary N) is 1. The molecule has 0 aliphatic carbocycles. The highest BCUT2D eigenvalue weighted by Gasteiger charge is 2.24. The van der Waals surface area contributed by atoms with E-state index in [-0.39, 0.29) is 30.6 Å². The number of amides is 1. The summed E-state index contributed by atoms with van der Waals surface area (Å²) in [5.41, 5.74) is 2.92. The van der Waals surface area contributed by atoms with Crippen molar-refractivity contribution in [1.82, 2.24) is 29.6 Å². The fourth-order valence-corrected chi connectivity index (χ4v) is 3.80. The first-order chi connectivity index (χ1) is 16.9. The van der Waals surface area contributed by atoms with Gasteiger partial charge in [-0.15, -0.1) is 0 Å². The standard InChI is InChI=1S/C23H22FN7O4/c1-30-10-13(8-26-30)18-9-25-16-4-5-20(28-17-6-15(33-2)7-19(34-3)21(17)24)31(22(16)29-18)11-14-12-35-23(32)27-14/h4-10,14H,11-12H2,1-3H3,(H,27,32). The number of nitrogens with zero attached hydrogens (tertiary/aromatic N) is 6. The summed E-state index contributed by atoms with van der Waals surface area (Å²) in [5, 5.41) is 6.95. The number of aryl methyl sites for hydroxylation is 1. The molecule has 1 atom stereocenters. The number of pyridine rings is 1. The van der Waals surface area contributed by atoms with Gasteiger partial charge in [0.25, 0.3) is 0 Å². The molecule has 3 aromatic heterocycles. The van der Waals surface area contributed by atoms with Gasteiger partial charge in [-0.3, -0.25) is 9.67 Å². The van der Waals surface area contributed by atoms with E-state index >= 15 is 4.39 Å². The second-order valence-corrected chi connectivity index (χ2v) is 7.88. The van der Waals surface area contributed by atoms with E-state index in [0.717, 1.165) is 5.56 Å². The molecule has 1 aliphatic heterocycles. The summed E-state index contributed by atoms with van der Waals surface area (Å²) in [6.07, 6.45) is 4.68. The van der Waals surface area contributed by atoms with Crippen LogP contribution in [0.25, 0.3) is 22.4 Å². The molecule has 180 valence electrons. The number of rotatable bonds is 6. The van der Waals surface area contributed by atoms with Gasteiger partial charge < -0.3 is 24.1 Å². The van der Waals surface area contributed by atoms with Crippen LogP contribution < -0.4 is 20.3 Å². The lowest BCUT2D eigenvalue weighted by molar-refractivity contribution is 0.176. The van der Waals surface area contributed by atoms with Gasteiger partial charge in [-0.05, 0) is 12.1 Å². The number of cyclic esters (lactones) is 1. The second-order valence-electron chi connectivity index (χ2n) is 7.88. The van der Waals surface area contributed by atoms with Gasteiger partial charge in [-0.1, -0.05) is 0 Å². The smallest absolute Gasteiger partial charge is 0.407 e. The predicted octanol–water partition coefficient (Wildman–Crippen LogP) is 2.33. The van der Waals surface area contributed by atoms with Gasteiger partial charge in [-0.2, -0.15) is 5.10 Å². The van der Waals surface area contributed by atoms with Gasteiger partial charge in [0.05, 0.1) is 38.3 Å². The van der Waals surface area contributed by atoms with Crippen LogP contribution in [0.1, 0.15) is 0 Å². The van der Waals surface area contributed by atoms with Crippen LogP contribution in [0.5, 0.6) is 11.5 Å². The van der Waals surface area contributed by atoms with Crippen molar-refractivity contribution in [1.29, 1.82) is 0 Å². The number of benzene rings is 1. The Kier molecular flexibility index (Phi) is 5.77. The van der Waals surface area contributed by atoms with Crippen LogP contribution in [0.15, 0.2) is 47.8 Å². The second kappa shape index (κ2) is 9.05. The van der Waals surface area contributed by atoms with E-state index in [0.29, 0.717) is 28.1 Å². The zero-order chi connectivity index (χ0) is 24.5. The molecule has 1 aliphatic rings. The Hall–Kier alpha value is -4.48. The van der Waals surface area contributed by atoms with E-state index in [2.05, 4.69) is 20.4 Å². The molecule has 1 N–H and O–H groups in total. The summed E-state index contributed by atoms with van der Waals surface area (Å²) < 4.78 is 34.0. The Bertz CT molecular complexity index is 1500. The maximum atomic E-state index is 15.1. The Morgan fingerprint density at radius 1 is 1.26 bits per heavy atom. The number of alkyl carbamates (subject to hydrolysis) is 1. The molecule has 4 aromatic rings. The summed E-state index contributed by atoms with van der Waals surface area (Å²) >= 11 is 0. The minimum atomic E-state index is -0.632. The van der Waals surface area contributed by atoms with Gasteiger partial charge in [0.2, 0.25) is 0 Å². The van der Waals surface area contributed by atoms with E-state index in [1.165, 1.54) is 26.4 Å². The van der Waals surface area contributed by atoms with Crippen molar-refractivity contribution in [3.8, 4) is 22.8 Å². The molecular weight excluding hydrogens is 457 g/mol. The Balaban J connectivity index is 1.72. The van der Waals surface area contributed by atoms with Crippen LogP contribution >= 0.6 is 0 Å². The molecule has 11 nitrogen and oxygen atoms in total. The molecule has 0 saturated carbocycles. The summed E-state index contributed by atoms with van der Waals surface area (Å²) in [4.78, 5) is 25.5. The first kappa shape index (κ1) is 22.3. The Morgan fingerprint density at radius 3 is 2.80 bits per heavy atom. The number of carbonyl (C=O) groups excluding carboxylic acids is 1. The van der Waals surface area contributed by atoms with E-state index in [1.807, 2.05) is 13.2 Å². The van der Waals surface area contributed by atoms with E-state index in [1.54, 1.807) is 33.8 Å². The lowest BCUT2D eigenvalue weighted by Gasteiger charge is -2.15. The number of methoxy groups -OCH3 is 2. The minimum Gasteiger partial charge on any atom is -0.497 e. The van der Waals surface area contributed by atoms with E-state index in [9.17, 15) is 4.79 Å². The monoisotopic (exact) mass is 479 g/mol. The number of carbonyl (C=O) groups is 1. The highest BCUT2D eigenvalue weighted by molar-refractivity contribution is 5.74. The third kappa shape index (κ3) is 4.37. The quantitative estimate of drug-likeness (QED) is 0.451. The van der Waals surface area contributed by atoms with Crippen LogP contribution in [0, 0.1) is 5.82 Å². The fourth-order valence-electron chi connectivity index (χ4n) is 3.80. The zero-order valence-corrected chi connectivity index (χ0v) is 19.2. The number of ether oxygens (including phenoxy) is 3. The highest BCUT2D eigenvalue weighted by Crippen LogP contribution is 2.32. The highest BCUT2D eigenvalue weighted by atomic mass is 19.1. The first-order valence-electron chi connectivity index (χ1n) is 10.7.